The van der Waals surface area contributed by atoms with Crippen LogP contribution < -0.4 is 5.32 Å². The topological polar surface area (TPSA) is 76.6 Å². The molecular formula is C19H21ClN4O3. The summed E-state index contributed by atoms with van der Waals surface area (Å²) in [4.78, 5) is 23.0. The van der Waals surface area contributed by atoms with Gasteiger partial charge >= 0.3 is 0 Å². The van der Waals surface area contributed by atoms with E-state index in [4.69, 9.17) is 21.1 Å². The largest absolute Gasteiger partial charge is 0.365 e. The predicted octanol–water partition coefficient (Wildman–Crippen LogP) is 2.72. The third kappa shape index (κ3) is 4.21. The molecule has 2 aliphatic rings. The first-order chi connectivity index (χ1) is 13.1. The SMILES string of the molecule is O=C(c1cnc(NCc2ccc(Cl)cc2)cn1)N1CCC2(CC1)OCCO2. The maximum atomic E-state index is 12.6. The molecule has 1 aromatic heterocycles. The zero-order chi connectivity index (χ0) is 18.7. The Morgan fingerprint density at radius 1 is 1.11 bits per heavy atom. The van der Waals surface area contributed by atoms with E-state index in [9.17, 15) is 4.79 Å². The van der Waals surface area contributed by atoms with E-state index < -0.39 is 5.79 Å². The second kappa shape index (κ2) is 7.80. The van der Waals surface area contributed by atoms with Crippen LogP contribution in [0, 0.1) is 0 Å². The monoisotopic (exact) mass is 388 g/mol. The number of benzene rings is 1. The minimum absolute atomic E-state index is 0.111. The van der Waals surface area contributed by atoms with Gasteiger partial charge in [0, 0.05) is 37.5 Å². The number of piperidine rings is 1. The average Bonchev–Trinajstić information content (AvgIpc) is 3.16. The van der Waals surface area contributed by atoms with E-state index in [1.54, 1.807) is 11.1 Å². The van der Waals surface area contributed by atoms with Gasteiger partial charge in [-0.05, 0) is 17.7 Å². The number of rotatable bonds is 4. The fraction of sp³-hybridized carbons (Fsp3) is 0.421. The molecular weight excluding hydrogens is 368 g/mol. The van der Waals surface area contributed by atoms with Crippen molar-refractivity contribution in [3.05, 3.63) is 52.9 Å². The number of likely N-dealkylation sites (tertiary alicyclic amines) is 1. The van der Waals surface area contributed by atoms with Gasteiger partial charge in [-0.2, -0.15) is 0 Å². The molecule has 1 amide bonds. The van der Waals surface area contributed by atoms with Crippen LogP contribution in [0.3, 0.4) is 0 Å². The number of nitrogens with one attached hydrogen (secondary N) is 1. The van der Waals surface area contributed by atoms with Gasteiger partial charge in [0.05, 0.1) is 25.6 Å². The molecule has 3 heterocycles. The quantitative estimate of drug-likeness (QED) is 0.867. The lowest BCUT2D eigenvalue weighted by molar-refractivity contribution is -0.181. The third-order valence-corrected chi connectivity index (χ3v) is 5.14. The molecule has 2 aliphatic heterocycles. The van der Waals surface area contributed by atoms with Crippen molar-refractivity contribution in [2.75, 3.05) is 31.6 Å². The molecule has 1 spiro atoms. The van der Waals surface area contributed by atoms with Gasteiger partial charge in [-0.3, -0.25) is 4.79 Å². The number of nitrogens with zero attached hydrogens (tertiary/aromatic N) is 3. The van der Waals surface area contributed by atoms with Crippen molar-refractivity contribution in [1.82, 2.24) is 14.9 Å². The normalized spacial score (nSPS) is 18.6. The highest BCUT2D eigenvalue weighted by atomic mass is 35.5. The number of halogens is 1. The smallest absolute Gasteiger partial charge is 0.274 e. The van der Waals surface area contributed by atoms with E-state index in [0.717, 1.165) is 5.56 Å². The summed E-state index contributed by atoms with van der Waals surface area (Å²) in [5.74, 6) is 0.0178. The van der Waals surface area contributed by atoms with Crippen LogP contribution in [0.5, 0.6) is 0 Å². The number of carbonyl (C=O) groups excluding carboxylic acids is 1. The van der Waals surface area contributed by atoms with Gasteiger partial charge < -0.3 is 19.7 Å². The Labute approximate surface area is 162 Å². The van der Waals surface area contributed by atoms with E-state index in [0.29, 0.717) is 62.2 Å². The van der Waals surface area contributed by atoms with Crippen molar-refractivity contribution in [2.24, 2.45) is 0 Å². The first kappa shape index (κ1) is 18.2. The number of hydrogen-bond donors (Lipinski definition) is 1. The number of ether oxygens (including phenoxy) is 2. The van der Waals surface area contributed by atoms with Gasteiger partial charge in [-0.15, -0.1) is 0 Å². The molecule has 0 unspecified atom stereocenters. The van der Waals surface area contributed by atoms with Crippen molar-refractivity contribution < 1.29 is 14.3 Å². The summed E-state index contributed by atoms with van der Waals surface area (Å²) in [5, 5.41) is 3.89. The summed E-state index contributed by atoms with van der Waals surface area (Å²) in [5.41, 5.74) is 1.43. The van der Waals surface area contributed by atoms with Crippen molar-refractivity contribution in [2.45, 2.75) is 25.2 Å². The zero-order valence-corrected chi connectivity index (χ0v) is 15.6. The summed E-state index contributed by atoms with van der Waals surface area (Å²) in [7, 11) is 0. The predicted molar refractivity (Wildman–Crippen MR) is 101 cm³/mol. The first-order valence-electron chi connectivity index (χ1n) is 9.01. The van der Waals surface area contributed by atoms with Crippen LogP contribution in [-0.4, -0.2) is 52.9 Å². The fourth-order valence-corrected chi connectivity index (χ4v) is 3.45. The average molecular weight is 389 g/mol. The summed E-state index contributed by atoms with van der Waals surface area (Å²) < 4.78 is 11.4. The molecule has 1 aromatic carbocycles. The lowest BCUT2D eigenvalue weighted by Crippen LogP contribution is -2.47. The van der Waals surface area contributed by atoms with Crippen LogP contribution in [0.2, 0.25) is 5.02 Å². The van der Waals surface area contributed by atoms with Gasteiger partial charge in [0.2, 0.25) is 0 Å². The standard InChI is InChI=1S/C19H21ClN4O3/c20-15-3-1-14(2-4-15)11-22-17-13-21-16(12-23-17)18(25)24-7-5-19(6-8-24)26-9-10-27-19/h1-4,12-13H,5-11H2,(H,22,23). The lowest BCUT2D eigenvalue weighted by Gasteiger charge is -2.37. The molecule has 0 aliphatic carbocycles. The molecule has 0 atom stereocenters. The number of carbonyl (C=O) groups is 1. The van der Waals surface area contributed by atoms with Crippen LogP contribution in [0.25, 0.3) is 0 Å². The Kier molecular flexibility index (Phi) is 5.24. The van der Waals surface area contributed by atoms with E-state index in [2.05, 4.69) is 15.3 Å². The highest BCUT2D eigenvalue weighted by Gasteiger charge is 2.41. The summed E-state index contributed by atoms with van der Waals surface area (Å²) >= 11 is 5.88. The van der Waals surface area contributed by atoms with Crippen LogP contribution >= 0.6 is 11.6 Å². The Morgan fingerprint density at radius 2 is 1.81 bits per heavy atom. The molecule has 0 saturated carbocycles. The van der Waals surface area contributed by atoms with Crippen molar-refractivity contribution in [3.8, 4) is 0 Å². The highest BCUT2D eigenvalue weighted by molar-refractivity contribution is 6.30. The van der Waals surface area contributed by atoms with Gasteiger partial charge in [-0.1, -0.05) is 23.7 Å². The van der Waals surface area contributed by atoms with Gasteiger partial charge in [0.1, 0.15) is 11.5 Å². The minimum atomic E-state index is -0.488. The number of anilines is 1. The molecule has 2 aromatic rings. The Morgan fingerprint density at radius 3 is 2.44 bits per heavy atom. The van der Waals surface area contributed by atoms with Crippen LogP contribution in [0.4, 0.5) is 5.82 Å². The van der Waals surface area contributed by atoms with Crippen molar-refractivity contribution in [3.63, 3.8) is 0 Å². The van der Waals surface area contributed by atoms with Crippen LogP contribution in [0.15, 0.2) is 36.7 Å². The van der Waals surface area contributed by atoms with E-state index in [-0.39, 0.29) is 5.91 Å². The third-order valence-electron chi connectivity index (χ3n) is 4.88. The maximum absolute atomic E-state index is 12.6. The Bertz CT molecular complexity index is 782. The molecule has 1 N–H and O–H groups in total. The number of hydrogen-bond acceptors (Lipinski definition) is 6. The number of amides is 1. The van der Waals surface area contributed by atoms with Gasteiger partial charge in [0.25, 0.3) is 5.91 Å². The minimum Gasteiger partial charge on any atom is -0.365 e. The highest BCUT2D eigenvalue weighted by Crippen LogP contribution is 2.31. The summed E-state index contributed by atoms with van der Waals surface area (Å²) in [6.07, 6.45) is 4.47. The van der Waals surface area contributed by atoms with E-state index in [1.165, 1.54) is 6.20 Å². The maximum Gasteiger partial charge on any atom is 0.274 e. The lowest BCUT2D eigenvalue weighted by atomic mass is 10.0. The van der Waals surface area contributed by atoms with Crippen molar-refractivity contribution in [1.29, 1.82) is 0 Å². The summed E-state index contributed by atoms with van der Waals surface area (Å²) in [6.45, 7) is 3.05. The van der Waals surface area contributed by atoms with Crippen LogP contribution in [0.1, 0.15) is 28.9 Å². The molecule has 27 heavy (non-hydrogen) atoms. The molecule has 7 nitrogen and oxygen atoms in total. The van der Waals surface area contributed by atoms with Gasteiger partial charge in [0.15, 0.2) is 5.79 Å². The first-order valence-corrected chi connectivity index (χ1v) is 9.39. The molecule has 8 heteroatoms. The van der Waals surface area contributed by atoms with Gasteiger partial charge in [-0.25, -0.2) is 9.97 Å². The Balaban J connectivity index is 1.31. The Hall–Kier alpha value is -2.22. The molecule has 0 bridgehead atoms. The van der Waals surface area contributed by atoms with Crippen molar-refractivity contribution >= 4 is 23.3 Å². The van der Waals surface area contributed by atoms with Crippen LogP contribution in [-0.2, 0) is 16.0 Å². The molecule has 2 fully saturated rings. The zero-order valence-electron chi connectivity index (χ0n) is 14.9. The number of aromatic nitrogens is 2. The van der Waals surface area contributed by atoms with E-state index >= 15 is 0 Å². The molecule has 2 saturated heterocycles. The summed E-state index contributed by atoms with van der Waals surface area (Å²) in [6, 6.07) is 7.58. The molecule has 142 valence electrons. The van der Waals surface area contributed by atoms with E-state index in [1.807, 2.05) is 24.3 Å². The fourth-order valence-electron chi connectivity index (χ4n) is 3.32. The molecule has 4 rings (SSSR count). The second-order valence-corrected chi connectivity index (χ2v) is 7.10. The second-order valence-electron chi connectivity index (χ2n) is 6.67. The molecule has 0 radical (unpaired) electrons.